The molecule has 0 atom stereocenters. The van der Waals surface area contributed by atoms with Gasteiger partial charge < -0.3 is 21.5 Å². The van der Waals surface area contributed by atoms with E-state index in [0.29, 0.717) is 0 Å². The first kappa shape index (κ1) is 22.5. The van der Waals surface area contributed by atoms with E-state index in [1.54, 1.807) is 20.8 Å². The van der Waals surface area contributed by atoms with Gasteiger partial charge >= 0.3 is 0 Å². The Kier molecular flexibility index (Phi) is 152. The largest absolute Gasteiger partial charge is 0.397 e. The van der Waals surface area contributed by atoms with Crippen molar-refractivity contribution in [3.05, 3.63) is 0 Å². The predicted octanol–water partition coefficient (Wildman–Crippen LogP) is 0.158. The van der Waals surface area contributed by atoms with E-state index < -0.39 is 0 Å². The summed E-state index contributed by atoms with van der Waals surface area (Å²) >= 11 is 0. The zero-order valence-electron chi connectivity index (χ0n) is 7.17. The highest BCUT2D eigenvalue weighted by atomic mass is 16.3. The molecule has 0 spiro atoms. The quantitative estimate of drug-likeness (QED) is 0.400. The van der Waals surface area contributed by atoms with Gasteiger partial charge in [-0.1, -0.05) is 0 Å². The first-order chi connectivity index (χ1) is 4.24. The molecule has 0 saturated heterocycles. The summed E-state index contributed by atoms with van der Waals surface area (Å²) in [4.78, 5) is 0. The van der Waals surface area contributed by atoms with Gasteiger partial charge in [0.05, 0.1) is 0 Å². The Morgan fingerprint density at radius 2 is 0.700 bits per heavy atom. The summed E-state index contributed by atoms with van der Waals surface area (Å²) in [5, 5.41) is 22.7. The topological polar surface area (TPSA) is 95.7 Å². The molecule has 4 nitrogen and oxygen atoms in total. The Labute approximate surface area is 63.1 Å². The van der Waals surface area contributed by atoms with E-state index in [4.69, 9.17) is 15.3 Å². The number of hydrogen-bond donors (Lipinski definition) is 4. The molecule has 68 valence electrons. The minimum atomic E-state index is 0. The second kappa shape index (κ2) is 67.4. The zero-order chi connectivity index (χ0) is 8.12. The van der Waals surface area contributed by atoms with Gasteiger partial charge in [0.2, 0.25) is 0 Å². The van der Waals surface area contributed by atoms with Crippen LogP contribution >= 0.6 is 0 Å². The van der Waals surface area contributed by atoms with E-state index in [9.17, 15) is 0 Å². The van der Waals surface area contributed by atoms with Crippen LogP contribution in [-0.4, -0.2) is 35.1 Å². The maximum atomic E-state index is 7.57. The summed E-state index contributed by atoms with van der Waals surface area (Å²) in [6.45, 7) is 5.79. The van der Waals surface area contributed by atoms with Crippen LogP contribution in [-0.2, 0) is 0 Å². The smallest absolute Gasteiger partial charge is 0.0402 e. The first-order valence-electron chi connectivity index (χ1n) is 3.07. The van der Waals surface area contributed by atoms with Crippen molar-refractivity contribution in [3.8, 4) is 0 Å². The second-order valence-electron chi connectivity index (χ2n) is 0.949. The van der Waals surface area contributed by atoms with Crippen LogP contribution in [0.3, 0.4) is 0 Å². The molecule has 0 aliphatic rings. The van der Waals surface area contributed by atoms with Gasteiger partial charge in [-0.3, -0.25) is 0 Å². The number of aliphatic hydroxyl groups is 3. The lowest BCUT2D eigenvalue weighted by molar-refractivity contribution is 0.318. The maximum Gasteiger partial charge on any atom is 0.0402 e. The molecular weight excluding hydrogens is 134 g/mol. The van der Waals surface area contributed by atoms with Gasteiger partial charge in [0.15, 0.2) is 0 Å². The molecule has 0 unspecified atom stereocenters. The first-order valence-corrected chi connectivity index (χ1v) is 3.07. The van der Waals surface area contributed by atoms with Crippen molar-refractivity contribution in [2.24, 2.45) is 0 Å². The Morgan fingerprint density at radius 3 is 0.700 bits per heavy atom. The highest BCUT2D eigenvalue weighted by Gasteiger charge is 1.35. The van der Waals surface area contributed by atoms with Gasteiger partial charge in [-0.15, -0.1) is 0 Å². The number of rotatable bonds is 0. The van der Waals surface area contributed by atoms with Crippen LogP contribution in [0.15, 0.2) is 0 Å². The van der Waals surface area contributed by atoms with E-state index in [2.05, 4.69) is 0 Å². The molecule has 0 fully saturated rings. The molecule has 0 heterocycles. The maximum absolute atomic E-state index is 7.57. The van der Waals surface area contributed by atoms with Gasteiger partial charge in [-0.2, -0.15) is 0 Å². The summed E-state index contributed by atoms with van der Waals surface area (Å²) in [6.07, 6.45) is 0. The standard InChI is InChI=1S/3C2H6O.H3N/c3*1-2-3;/h3*3H,2H2,1H3;1H3. The summed E-state index contributed by atoms with van der Waals surface area (Å²) < 4.78 is 0. The molecule has 0 aromatic rings. The van der Waals surface area contributed by atoms with Crippen LogP contribution in [0, 0.1) is 0 Å². The summed E-state index contributed by atoms with van der Waals surface area (Å²) in [5.74, 6) is 0. The van der Waals surface area contributed by atoms with Crippen molar-refractivity contribution in [1.29, 1.82) is 0 Å². The van der Waals surface area contributed by atoms with Crippen LogP contribution in [0.25, 0.3) is 0 Å². The predicted molar refractivity (Wildman–Crippen MR) is 43.3 cm³/mol. The summed E-state index contributed by atoms with van der Waals surface area (Å²) in [7, 11) is 0. The highest BCUT2D eigenvalue weighted by Crippen LogP contribution is 1.30. The minimum absolute atomic E-state index is 0. The van der Waals surface area contributed by atoms with Crippen LogP contribution in [0.4, 0.5) is 0 Å². The molecule has 0 aromatic carbocycles. The molecule has 0 rings (SSSR count). The SMILES string of the molecule is CCO.CCO.CCO.N. The van der Waals surface area contributed by atoms with E-state index in [1.165, 1.54) is 0 Å². The number of hydrogen-bond acceptors (Lipinski definition) is 4. The molecule has 10 heavy (non-hydrogen) atoms. The molecule has 0 aromatic heterocycles. The molecular formula is C6H21NO3. The fraction of sp³-hybridized carbons (Fsp3) is 1.00. The van der Waals surface area contributed by atoms with Gasteiger partial charge in [0.25, 0.3) is 0 Å². The summed E-state index contributed by atoms with van der Waals surface area (Å²) in [5.41, 5.74) is 0. The lowest BCUT2D eigenvalue weighted by Gasteiger charge is -1.52. The lowest BCUT2D eigenvalue weighted by atomic mass is 10.9. The molecule has 0 bridgehead atoms. The third-order valence-electron chi connectivity index (χ3n) is 0. The average Bonchev–Trinajstić information content (AvgIpc) is 1.70. The van der Waals surface area contributed by atoms with Crippen molar-refractivity contribution in [2.45, 2.75) is 20.8 Å². The van der Waals surface area contributed by atoms with Crippen LogP contribution in [0.1, 0.15) is 20.8 Å². The molecule has 0 amide bonds. The Morgan fingerprint density at radius 1 is 0.700 bits per heavy atom. The van der Waals surface area contributed by atoms with E-state index >= 15 is 0 Å². The van der Waals surface area contributed by atoms with Gasteiger partial charge in [0.1, 0.15) is 0 Å². The molecule has 0 aliphatic heterocycles. The second-order valence-corrected chi connectivity index (χ2v) is 0.949. The molecule has 4 heteroatoms. The van der Waals surface area contributed by atoms with Crippen molar-refractivity contribution < 1.29 is 15.3 Å². The van der Waals surface area contributed by atoms with Crippen LogP contribution < -0.4 is 6.15 Å². The van der Waals surface area contributed by atoms with Crippen molar-refractivity contribution in [2.75, 3.05) is 19.8 Å². The van der Waals surface area contributed by atoms with Crippen molar-refractivity contribution >= 4 is 0 Å². The summed E-state index contributed by atoms with van der Waals surface area (Å²) in [6, 6.07) is 0. The minimum Gasteiger partial charge on any atom is -0.397 e. The van der Waals surface area contributed by atoms with Gasteiger partial charge in [-0.25, -0.2) is 0 Å². The monoisotopic (exact) mass is 155 g/mol. The van der Waals surface area contributed by atoms with E-state index in [1.807, 2.05) is 0 Å². The zero-order valence-corrected chi connectivity index (χ0v) is 7.17. The Balaban J connectivity index is -0.0000000257. The molecule has 0 radical (unpaired) electrons. The normalized spacial score (nSPS) is 5.40. The fourth-order valence-corrected chi connectivity index (χ4v) is 0. The molecule has 6 N–H and O–H groups in total. The molecule has 0 aliphatic carbocycles. The Hall–Kier alpha value is -0.160. The van der Waals surface area contributed by atoms with E-state index in [-0.39, 0.29) is 26.0 Å². The van der Waals surface area contributed by atoms with Crippen LogP contribution in [0.2, 0.25) is 0 Å². The molecule has 0 saturated carbocycles. The fourth-order valence-electron chi connectivity index (χ4n) is 0. The van der Waals surface area contributed by atoms with E-state index in [0.717, 1.165) is 0 Å². The highest BCUT2D eigenvalue weighted by molar-refractivity contribution is 3.84. The van der Waals surface area contributed by atoms with Gasteiger partial charge in [-0.05, 0) is 20.8 Å². The van der Waals surface area contributed by atoms with Crippen LogP contribution in [0.5, 0.6) is 0 Å². The van der Waals surface area contributed by atoms with Gasteiger partial charge in [0, 0.05) is 19.8 Å². The Bertz CT molecular complexity index is 17.7. The number of aliphatic hydroxyl groups excluding tert-OH is 3. The van der Waals surface area contributed by atoms with Crippen molar-refractivity contribution in [1.82, 2.24) is 6.15 Å². The van der Waals surface area contributed by atoms with Crippen molar-refractivity contribution in [3.63, 3.8) is 0 Å². The third kappa shape index (κ3) is 14300. The lowest BCUT2D eigenvalue weighted by Crippen LogP contribution is -1.57. The average molecular weight is 155 g/mol. The third-order valence-corrected chi connectivity index (χ3v) is 0.